The van der Waals surface area contributed by atoms with Crippen molar-refractivity contribution in [2.24, 2.45) is 0 Å². The highest BCUT2D eigenvalue weighted by Gasteiger charge is 2.31. The van der Waals surface area contributed by atoms with E-state index in [1.807, 2.05) is 0 Å². The van der Waals surface area contributed by atoms with Crippen molar-refractivity contribution in [2.75, 3.05) is 21.3 Å². The molecule has 2 heterocycles. The number of fused-ring (bicyclic) bond motifs is 1. The topological polar surface area (TPSA) is 93.2 Å². The first kappa shape index (κ1) is 21.9. The number of methoxy groups -OCH3 is 3. The van der Waals surface area contributed by atoms with Crippen LogP contribution in [0.25, 0.3) is 6.08 Å². The summed E-state index contributed by atoms with van der Waals surface area (Å²) in [7, 11) is 4.53. The van der Waals surface area contributed by atoms with Crippen molar-refractivity contribution in [3.63, 3.8) is 0 Å². The Kier molecular flexibility index (Phi) is 5.99. The number of Topliss-reactive ketones (excluding diaryl/α,β-unsaturated/α-hetero) is 1. The molecule has 0 unspecified atom stereocenters. The molecular weight excluding hydrogens is 426 g/mol. The SMILES string of the molecule is COc1ccc(/C=C2\Oc3cc(OC(=O)c4ccncc4)cc(C)c3C2=O)c(OC)c1OC. The van der Waals surface area contributed by atoms with E-state index in [1.54, 1.807) is 43.3 Å². The first-order valence-corrected chi connectivity index (χ1v) is 9.97. The number of allylic oxidation sites excluding steroid dienone is 1. The number of benzene rings is 2. The van der Waals surface area contributed by atoms with Crippen molar-refractivity contribution in [3.05, 3.63) is 76.8 Å². The maximum Gasteiger partial charge on any atom is 0.343 e. The molecule has 0 saturated carbocycles. The highest BCUT2D eigenvalue weighted by molar-refractivity contribution is 6.15. The summed E-state index contributed by atoms with van der Waals surface area (Å²) >= 11 is 0. The Hall–Kier alpha value is -4.33. The number of rotatable bonds is 6. The Labute approximate surface area is 190 Å². The zero-order valence-corrected chi connectivity index (χ0v) is 18.5. The minimum atomic E-state index is -0.535. The van der Waals surface area contributed by atoms with Crippen molar-refractivity contribution in [3.8, 4) is 28.7 Å². The molecule has 8 nitrogen and oxygen atoms in total. The summed E-state index contributed by atoms with van der Waals surface area (Å²) < 4.78 is 27.5. The normalized spacial score (nSPS) is 13.3. The van der Waals surface area contributed by atoms with E-state index in [-0.39, 0.29) is 17.3 Å². The summed E-state index contributed by atoms with van der Waals surface area (Å²) in [5, 5.41) is 0. The van der Waals surface area contributed by atoms with E-state index in [9.17, 15) is 9.59 Å². The van der Waals surface area contributed by atoms with Gasteiger partial charge in [0.05, 0.1) is 32.5 Å². The third-order valence-electron chi connectivity index (χ3n) is 5.09. The van der Waals surface area contributed by atoms with Gasteiger partial charge in [-0.05, 0) is 48.9 Å². The van der Waals surface area contributed by atoms with Crippen molar-refractivity contribution >= 4 is 17.8 Å². The number of aromatic nitrogens is 1. The molecule has 4 rings (SSSR count). The summed E-state index contributed by atoms with van der Waals surface area (Å²) in [6, 6.07) is 9.70. The maximum atomic E-state index is 13.0. The van der Waals surface area contributed by atoms with Crippen LogP contribution in [0.1, 0.15) is 31.8 Å². The van der Waals surface area contributed by atoms with Gasteiger partial charge in [0.15, 0.2) is 17.3 Å². The second kappa shape index (κ2) is 9.04. The predicted molar refractivity (Wildman–Crippen MR) is 119 cm³/mol. The van der Waals surface area contributed by atoms with Crippen molar-refractivity contribution in [1.82, 2.24) is 4.98 Å². The summed E-state index contributed by atoms with van der Waals surface area (Å²) in [6.45, 7) is 1.75. The molecule has 2 aromatic carbocycles. The zero-order valence-electron chi connectivity index (χ0n) is 18.5. The van der Waals surface area contributed by atoms with Gasteiger partial charge in [-0.3, -0.25) is 9.78 Å². The van der Waals surface area contributed by atoms with Crippen LogP contribution in [0.5, 0.6) is 28.7 Å². The number of carbonyl (C=O) groups excluding carboxylic acids is 2. The molecule has 0 N–H and O–H groups in total. The van der Waals surface area contributed by atoms with Crippen LogP contribution < -0.4 is 23.7 Å². The number of aryl methyl sites for hydroxylation is 1. The molecule has 0 bridgehead atoms. The number of nitrogens with zero attached hydrogens (tertiary/aromatic N) is 1. The monoisotopic (exact) mass is 447 g/mol. The van der Waals surface area contributed by atoms with Crippen molar-refractivity contribution in [1.29, 1.82) is 0 Å². The molecule has 0 amide bonds. The first-order valence-electron chi connectivity index (χ1n) is 9.97. The van der Waals surface area contributed by atoms with Gasteiger partial charge in [0.2, 0.25) is 11.5 Å². The number of hydrogen-bond donors (Lipinski definition) is 0. The minimum absolute atomic E-state index is 0.108. The number of ether oxygens (including phenoxy) is 5. The molecule has 0 radical (unpaired) electrons. The van der Waals surface area contributed by atoms with Crippen molar-refractivity contribution < 1.29 is 33.3 Å². The van der Waals surface area contributed by atoms with Gasteiger partial charge >= 0.3 is 5.97 Å². The van der Waals surface area contributed by atoms with E-state index in [1.165, 1.54) is 39.8 Å². The zero-order chi connectivity index (χ0) is 23.5. The van der Waals surface area contributed by atoms with Crippen LogP contribution in [-0.4, -0.2) is 38.1 Å². The van der Waals surface area contributed by atoms with Gasteiger partial charge in [-0.2, -0.15) is 0 Å². The molecule has 0 aliphatic carbocycles. The Morgan fingerprint density at radius 2 is 1.70 bits per heavy atom. The average Bonchev–Trinajstić information content (AvgIpc) is 3.14. The number of pyridine rings is 1. The lowest BCUT2D eigenvalue weighted by Crippen LogP contribution is -2.08. The molecule has 1 aliphatic rings. The number of ketones is 1. The van der Waals surface area contributed by atoms with Gasteiger partial charge in [-0.15, -0.1) is 0 Å². The lowest BCUT2D eigenvalue weighted by molar-refractivity contribution is 0.0734. The molecule has 0 spiro atoms. The molecule has 168 valence electrons. The summed E-state index contributed by atoms with van der Waals surface area (Å²) in [4.78, 5) is 29.3. The molecule has 1 aromatic heterocycles. The van der Waals surface area contributed by atoms with E-state index in [0.717, 1.165) is 0 Å². The standard InChI is InChI=1S/C25H21NO7/c1-14-11-17(32-25(28)15-7-9-26-10-8-15)13-19-21(14)22(27)20(33-19)12-16-5-6-18(29-2)24(31-4)23(16)30-3/h5-13H,1-4H3/b20-12-. The van der Waals surface area contributed by atoms with Crippen LogP contribution >= 0.6 is 0 Å². The molecule has 8 heteroatoms. The van der Waals surface area contributed by atoms with Gasteiger partial charge in [0.25, 0.3) is 0 Å². The smallest absolute Gasteiger partial charge is 0.343 e. The number of carbonyl (C=O) groups is 2. The third-order valence-corrected chi connectivity index (χ3v) is 5.09. The molecule has 1 aliphatic heterocycles. The summed E-state index contributed by atoms with van der Waals surface area (Å²) in [5.41, 5.74) is 1.97. The van der Waals surface area contributed by atoms with Gasteiger partial charge in [0.1, 0.15) is 11.5 Å². The molecular formula is C25H21NO7. The average molecular weight is 447 g/mol. The second-order valence-corrected chi connectivity index (χ2v) is 7.10. The Bertz CT molecular complexity index is 1270. The lowest BCUT2D eigenvalue weighted by Gasteiger charge is -2.14. The minimum Gasteiger partial charge on any atom is -0.493 e. The molecule has 0 atom stereocenters. The second-order valence-electron chi connectivity index (χ2n) is 7.10. The van der Waals surface area contributed by atoms with Crippen LogP contribution in [0.15, 0.2) is 54.6 Å². The highest BCUT2D eigenvalue weighted by atomic mass is 16.5. The fourth-order valence-corrected chi connectivity index (χ4v) is 3.57. The molecule has 33 heavy (non-hydrogen) atoms. The lowest BCUT2D eigenvalue weighted by atomic mass is 10.0. The molecule has 3 aromatic rings. The van der Waals surface area contributed by atoms with Gasteiger partial charge in [-0.25, -0.2) is 4.79 Å². The fraction of sp³-hybridized carbons (Fsp3) is 0.160. The van der Waals surface area contributed by atoms with Gasteiger partial charge < -0.3 is 23.7 Å². The first-order chi connectivity index (χ1) is 16.0. The van der Waals surface area contributed by atoms with Crippen LogP contribution in [0, 0.1) is 6.92 Å². The van der Waals surface area contributed by atoms with E-state index < -0.39 is 5.97 Å². The van der Waals surface area contributed by atoms with E-state index in [2.05, 4.69) is 4.98 Å². The van der Waals surface area contributed by atoms with E-state index >= 15 is 0 Å². The molecule has 0 saturated heterocycles. The Morgan fingerprint density at radius 1 is 0.970 bits per heavy atom. The van der Waals surface area contributed by atoms with Crippen molar-refractivity contribution in [2.45, 2.75) is 6.92 Å². The van der Waals surface area contributed by atoms with E-state index in [0.29, 0.717) is 45.3 Å². The van der Waals surface area contributed by atoms with Crippen LogP contribution in [0.2, 0.25) is 0 Å². The Balaban J connectivity index is 1.66. The van der Waals surface area contributed by atoms with Gasteiger partial charge in [0, 0.05) is 24.0 Å². The predicted octanol–water partition coefficient (Wildman–Crippen LogP) is 4.25. The molecule has 0 fully saturated rings. The van der Waals surface area contributed by atoms with Crippen LogP contribution in [0.4, 0.5) is 0 Å². The fourth-order valence-electron chi connectivity index (χ4n) is 3.57. The largest absolute Gasteiger partial charge is 0.493 e. The number of hydrogen-bond acceptors (Lipinski definition) is 8. The number of esters is 1. The maximum absolute atomic E-state index is 13.0. The highest BCUT2D eigenvalue weighted by Crippen LogP contribution is 2.42. The quantitative estimate of drug-likeness (QED) is 0.315. The summed E-state index contributed by atoms with van der Waals surface area (Å²) in [6.07, 6.45) is 4.59. The third kappa shape index (κ3) is 4.10. The summed E-state index contributed by atoms with van der Waals surface area (Å²) in [5.74, 6) is 1.16. The van der Waals surface area contributed by atoms with Crippen LogP contribution in [-0.2, 0) is 0 Å². The van der Waals surface area contributed by atoms with Crippen LogP contribution in [0.3, 0.4) is 0 Å². The Morgan fingerprint density at radius 3 is 2.36 bits per heavy atom. The van der Waals surface area contributed by atoms with Gasteiger partial charge in [-0.1, -0.05) is 0 Å². The van der Waals surface area contributed by atoms with E-state index in [4.69, 9.17) is 23.7 Å².